The van der Waals surface area contributed by atoms with Gasteiger partial charge in [-0.2, -0.15) is 0 Å². The molecule has 1 saturated carbocycles. The summed E-state index contributed by atoms with van der Waals surface area (Å²) in [6.45, 7) is 8.94. The normalized spacial score (nSPS) is 20.3. The van der Waals surface area contributed by atoms with E-state index in [1.165, 1.54) is 14.2 Å². The monoisotopic (exact) mass is 831 g/mol. The number of fused-ring (bicyclic) bond motifs is 1. The average molecular weight is 832 g/mol. The number of likely N-dealkylation sites (tertiary alicyclic amines) is 1. The van der Waals surface area contributed by atoms with Crippen LogP contribution in [0, 0.1) is 17.3 Å². The quantitative estimate of drug-likeness (QED) is 0.138. The van der Waals surface area contributed by atoms with E-state index in [1.807, 2.05) is 49.9 Å². The SMILES string of the molecule is COC(=O)N[C@H](C(=O)N1CCS[C@H]1C1=NC=C(c2ccc(-c3ccc4cc(-c5cnc([C@@H]6CC7(CC7)CN6C(=O)[C@@H](NC(=O)OC)C(C)C)[nH]5)ccc4c3)cc2)C1)C(C)C. The number of allylic oxidation sites excluding steroid dienone is 1. The van der Waals surface area contributed by atoms with Crippen molar-refractivity contribution >= 4 is 57.8 Å². The minimum atomic E-state index is -0.685. The number of alkyl carbamates (subject to hydrolysis) is 2. The second kappa shape index (κ2) is 16.8. The maximum Gasteiger partial charge on any atom is 0.407 e. The van der Waals surface area contributed by atoms with E-state index in [-0.39, 0.29) is 40.5 Å². The van der Waals surface area contributed by atoms with E-state index < -0.39 is 24.3 Å². The third-order valence-electron chi connectivity index (χ3n) is 12.4. The number of benzene rings is 3. The first kappa shape index (κ1) is 41.1. The lowest BCUT2D eigenvalue weighted by atomic mass is 9.96. The largest absolute Gasteiger partial charge is 0.453 e. The summed E-state index contributed by atoms with van der Waals surface area (Å²) in [6.07, 6.45) is 6.21. The highest BCUT2D eigenvalue weighted by Gasteiger charge is 2.55. The summed E-state index contributed by atoms with van der Waals surface area (Å²) in [5.41, 5.74) is 7.37. The Morgan fingerprint density at radius 3 is 2.00 bits per heavy atom. The molecule has 1 spiro atoms. The maximum atomic E-state index is 13.9. The van der Waals surface area contributed by atoms with E-state index in [2.05, 4.69) is 76.3 Å². The van der Waals surface area contributed by atoms with Gasteiger partial charge in [0.2, 0.25) is 11.8 Å². The van der Waals surface area contributed by atoms with Gasteiger partial charge in [-0.1, -0.05) is 76.2 Å². The number of carbonyl (C=O) groups is 4. The molecule has 4 aliphatic rings. The van der Waals surface area contributed by atoms with Crippen LogP contribution in [-0.2, 0) is 19.1 Å². The number of amides is 4. The van der Waals surface area contributed by atoms with Gasteiger partial charge in [0.15, 0.2) is 0 Å². The van der Waals surface area contributed by atoms with Gasteiger partial charge in [-0.3, -0.25) is 14.6 Å². The molecule has 8 rings (SSSR count). The first-order chi connectivity index (χ1) is 28.9. The number of hydrogen-bond donors (Lipinski definition) is 3. The van der Waals surface area contributed by atoms with Crippen molar-refractivity contribution in [2.45, 2.75) is 76.9 Å². The van der Waals surface area contributed by atoms with Gasteiger partial charge < -0.3 is 34.9 Å². The van der Waals surface area contributed by atoms with Crippen molar-refractivity contribution < 1.29 is 28.7 Å². The van der Waals surface area contributed by atoms with Gasteiger partial charge in [-0.25, -0.2) is 14.6 Å². The van der Waals surface area contributed by atoms with E-state index in [0.717, 1.165) is 80.8 Å². The highest BCUT2D eigenvalue weighted by molar-refractivity contribution is 8.00. The molecular weight excluding hydrogens is 779 g/mol. The molecule has 4 atom stereocenters. The number of thioether (sulfide) groups is 1. The lowest BCUT2D eigenvalue weighted by molar-refractivity contribution is -0.136. The Kier molecular flexibility index (Phi) is 11.5. The fourth-order valence-electron chi connectivity index (χ4n) is 8.70. The van der Waals surface area contributed by atoms with Crippen LogP contribution < -0.4 is 10.6 Å². The van der Waals surface area contributed by atoms with Crippen molar-refractivity contribution in [2.75, 3.05) is 33.1 Å². The molecule has 314 valence electrons. The summed E-state index contributed by atoms with van der Waals surface area (Å²) in [7, 11) is 2.61. The van der Waals surface area contributed by atoms with Crippen LogP contribution in [0.4, 0.5) is 9.59 Å². The molecule has 14 heteroatoms. The minimum absolute atomic E-state index is 0.0930. The summed E-state index contributed by atoms with van der Waals surface area (Å²) in [5.74, 6) is 1.15. The number of methoxy groups -OCH3 is 2. The van der Waals surface area contributed by atoms with Gasteiger partial charge >= 0.3 is 12.2 Å². The van der Waals surface area contributed by atoms with Crippen molar-refractivity contribution in [3.05, 3.63) is 84.4 Å². The summed E-state index contributed by atoms with van der Waals surface area (Å²) >= 11 is 1.71. The molecule has 3 aliphatic heterocycles. The topological polar surface area (TPSA) is 158 Å². The van der Waals surface area contributed by atoms with E-state index >= 15 is 0 Å². The molecule has 13 nitrogen and oxygen atoms in total. The summed E-state index contributed by atoms with van der Waals surface area (Å²) in [5, 5.41) is 7.51. The minimum Gasteiger partial charge on any atom is -0.453 e. The molecule has 0 unspecified atom stereocenters. The number of rotatable bonds is 11. The Morgan fingerprint density at radius 1 is 0.800 bits per heavy atom. The van der Waals surface area contributed by atoms with Gasteiger partial charge in [0.25, 0.3) is 0 Å². The Balaban J connectivity index is 0.925. The second-order valence-corrected chi connectivity index (χ2v) is 18.3. The van der Waals surface area contributed by atoms with Crippen LogP contribution in [0.25, 0.3) is 38.7 Å². The van der Waals surface area contributed by atoms with Crippen LogP contribution in [0.15, 0.2) is 78.1 Å². The number of H-pyrrole nitrogens is 1. The molecule has 0 radical (unpaired) electrons. The van der Waals surface area contributed by atoms with Gasteiger partial charge in [-0.05, 0) is 81.7 Å². The van der Waals surface area contributed by atoms with E-state index in [0.29, 0.717) is 19.5 Å². The summed E-state index contributed by atoms with van der Waals surface area (Å²) in [4.78, 5) is 68.5. The summed E-state index contributed by atoms with van der Waals surface area (Å²) in [6, 6.07) is 19.9. The highest BCUT2D eigenvalue weighted by atomic mass is 32.2. The number of aromatic nitrogens is 2. The number of nitrogens with one attached hydrogen (secondary N) is 3. The van der Waals surface area contributed by atoms with Crippen molar-refractivity contribution in [1.82, 2.24) is 30.4 Å². The third kappa shape index (κ3) is 8.26. The highest BCUT2D eigenvalue weighted by Crippen LogP contribution is 2.58. The Morgan fingerprint density at radius 2 is 1.38 bits per heavy atom. The number of aromatic amines is 1. The molecule has 2 saturated heterocycles. The number of carbonyl (C=O) groups excluding carboxylic acids is 4. The van der Waals surface area contributed by atoms with Crippen molar-refractivity contribution in [3.63, 3.8) is 0 Å². The average Bonchev–Trinajstić information content (AvgIpc) is 3.79. The molecule has 0 bridgehead atoms. The number of imidazole rings is 1. The van der Waals surface area contributed by atoms with E-state index in [1.54, 1.807) is 11.8 Å². The molecule has 3 N–H and O–H groups in total. The first-order valence-corrected chi connectivity index (χ1v) is 21.8. The molecular formula is C46H53N7O6S. The van der Waals surface area contributed by atoms with Crippen LogP contribution in [-0.4, -0.2) is 100.0 Å². The molecule has 1 aromatic heterocycles. The number of nitrogens with zero attached hydrogens (tertiary/aromatic N) is 4. The molecule has 3 fully saturated rings. The predicted molar refractivity (Wildman–Crippen MR) is 234 cm³/mol. The smallest absolute Gasteiger partial charge is 0.407 e. The molecule has 4 amide bonds. The van der Waals surface area contributed by atoms with Crippen LogP contribution in [0.2, 0.25) is 0 Å². The van der Waals surface area contributed by atoms with Crippen molar-refractivity contribution in [2.24, 2.45) is 22.2 Å². The standard InChI is InChI=1S/C46H53N7O6S/c1-26(2)38(50-44(56)58-5)41(54)52-17-18-60-43(52)35-21-34(23-47-35)29-9-7-28(8-10-29)30-11-12-32-20-33(14-13-31(32)19-30)36-24-48-40(49-36)37-22-46(15-16-46)25-53(37)42(55)39(27(3)4)51-45(57)59-6/h7-14,19-20,23-24,26-27,37-39,43H,15-18,21-22,25H2,1-6H3,(H,48,49)(H,50,56)(H,51,57)/t37-,38-,39-,43-/m0/s1. The maximum absolute atomic E-state index is 13.9. The fourth-order valence-corrected chi connectivity index (χ4v) is 9.95. The summed E-state index contributed by atoms with van der Waals surface area (Å²) < 4.78 is 9.60. The lowest BCUT2D eigenvalue weighted by Gasteiger charge is -2.30. The van der Waals surface area contributed by atoms with E-state index in [4.69, 9.17) is 19.5 Å². The van der Waals surface area contributed by atoms with Crippen LogP contribution in [0.1, 0.15) is 70.8 Å². The zero-order chi connectivity index (χ0) is 42.3. The zero-order valence-corrected chi connectivity index (χ0v) is 35.8. The molecule has 1 aliphatic carbocycles. The van der Waals surface area contributed by atoms with Crippen LogP contribution in [0.3, 0.4) is 0 Å². The van der Waals surface area contributed by atoms with Gasteiger partial charge in [-0.15, -0.1) is 11.8 Å². The number of ether oxygens (including phenoxy) is 2. The van der Waals surface area contributed by atoms with Crippen LogP contribution in [0.5, 0.6) is 0 Å². The van der Waals surface area contributed by atoms with Crippen molar-refractivity contribution in [3.8, 4) is 22.4 Å². The van der Waals surface area contributed by atoms with E-state index in [9.17, 15) is 19.2 Å². The molecule has 3 aromatic carbocycles. The van der Waals surface area contributed by atoms with Crippen molar-refractivity contribution in [1.29, 1.82) is 0 Å². The third-order valence-corrected chi connectivity index (χ3v) is 13.7. The van der Waals surface area contributed by atoms with Gasteiger partial charge in [0.1, 0.15) is 23.3 Å². The molecule has 4 heterocycles. The fraction of sp³-hybridized carbons (Fsp3) is 0.435. The first-order valence-electron chi connectivity index (χ1n) is 20.7. The van der Waals surface area contributed by atoms with Crippen LogP contribution >= 0.6 is 11.8 Å². The predicted octanol–water partition coefficient (Wildman–Crippen LogP) is 7.80. The Bertz CT molecular complexity index is 2370. The molecule has 60 heavy (non-hydrogen) atoms. The zero-order valence-electron chi connectivity index (χ0n) is 35.0. The number of aliphatic imine (C=N–C) groups is 1. The van der Waals surface area contributed by atoms with Gasteiger partial charge in [0, 0.05) is 37.0 Å². The molecule has 4 aromatic rings. The number of hydrogen-bond acceptors (Lipinski definition) is 9. The van der Waals surface area contributed by atoms with Gasteiger partial charge in [0.05, 0.1) is 37.9 Å². The second-order valence-electron chi connectivity index (χ2n) is 17.1. The Hall–Kier alpha value is -5.63. The Labute approximate surface area is 354 Å². The lowest BCUT2D eigenvalue weighted by Crippen LogP contribution is -2.53.